The van der Waals surface area contributed by atoms with Gasteiger partial charge in [0.15, 0.2) is 0 Å². The molecule has 27 heavy (non-hydrogen) atoms. The summed E-state index contributed by atoms with van der Waals surface area (Å²) < 4.78 is 32.6. The Hall–Kier alpha value is -1.48. The first-order valence-electron chi connectivity index (χ1n) is 9.63. The van der Waals surface area contributed by atoms with Crippen molar-refractivity contribution in [2.45, 2.75) is 43.5 Å². The average molecular weight is 396 g/mol. The van der Waals surface area contributed by atoms with Crippen LogP contribution >= 0.6 is 0 Å². The van der Waals surface area contributed by atoms with Gasteiger partial charge in [0.05, 0.1) is 10.3 Å². The van der Waals surface area contributed by atoms with E-state index in [1.165, 1.54) is 0 Å². The van der Waals surface area contributed by atoms with Crippen LogP contribution in [0.3, 0.4) is 0 Å². The number of amides is 1. The molecule has 3 rings (SSSR count). The van der Waals surface area contributed by atoms with Crippen LogP contribution in [0.25, 0.3) is 0 Å². The number of piperidine rings is 1. The molecule has 0 bridgehead atoms. The third-order valence-corrected chi connectivity index (χ3v) is 7.52. The Morgan fingerprint density at radius 1 is 1.19 bits per heavy atom. The van der Waals surface area contributed by atoms with Crippen LogP contribution in [0.1, 0.15) is 37.7 Å². The summed E-state index contributed by atoms with van der Waals surface area (Å²) in [7, 11) is -3.48. The Morgan fingerprint density at radius 3 is 2.56 bits per heavy atom. The van der Waals surface area contributed by atoms with Crippen LogP contribution in [0.2, 0.25) is 0 Å². The second-order valence-corrected chi connectivity index (χ2v) is 9.33. The number of carbonyl (C=O) groups excluding carboxylic acids is 1. The maximum atomic E-state index is 12.8. The molecule has 1 aromatic rings. The predicted molar refractivity (Wildman–Crippen MR) is 102 cm³/mol. The fourth-order valence-corrected chi connectivity index (χ4v) is 5.31. The lowest BCUT2D eigenvalue weighted by atomic mass is 9.79. The lowest BCUT2D eigenvalue weighted by molar-refractivity contribution is -0.136. The number of sulfonamides is 1. The summed E-state index contributed by atoms with van der Waals surface area (Å²) in [5, 5.41) is 2.94. The zero-order valence-electron chi connectivity index (χ0n) is 15.7. The van der Waals surface area contributed by atoms with Crippen molar-refractivity contribution in [3.05, 3.63) is 29.8 Å². The molecule has 2 aliphatic heterocycles. The number of hydrogen-bond donors (Lipinski definition) is 2. The number of nitrogens with one attached hydrogen (secondary N) is 1. The highest BCUT2D eigenvalue weighted by molar-refractivity contribution is 7.89. The molecule has 0 saturated carbocycles. The van der Waals surface area contributed by atoms with Crippen LogP contribution in [-0.4, -0.2) is 51.5 Å². The van der Waals surface area contributed by atoms with Gasteiger partial charge in [-0.05, 0) is 43.4 Å². The molecule has 2 heterocycles. The maximum Gasteiger partial charge on any atom is 0.243 e. The van der Waals surface area contributed by atoms with Gasteiger partial charge in [0.25, 0.3) is 0 Å². The molecular formula is C19H29N3O4S. The van der Waals surface area contributed by atoms with Gasteiger partial charge in [-0.2, -0.15) is 4.31 Å². The van der Waals surface area contributed by atoms with Gasteiger partial charge in [-0.1, -0.05) is 18.6 Å². The summed E-state index contributed by atoms with van der Waals surface area (Å²) in [6.07, 6.45) is 4.10. The van der Waals surface area contributed by atoms with Crippen molar-refractivity contribution in [2.75, 3.05) is 32.8 Å². The average Bonchev–Trinajstić information content (AvgIpc) is 2.73. The van der Waals surface area contributed by atoms with Crippen molar-refractivity contribution in [1.29, 1.82) is 0 Å². The minimum atomic E-state index is -3.48. The van der Waals surface area contributed by atoms with Crippen LogP contribution < -0.4 is 11.1 Å². The van der Waals surface area contributed by atoms with Crippen molar-refractivity contribution in [2.24, 2.45) is 11.1 Å². The molecule has 1 amide bonds. The number of hydrogen-bond acceptors (Lipinski definition) is 5. The molecule has 0 radical (unpaired) electrons. The summed E-state index contributed by atoms with van der Waals surface area (Å²) in [5.41, 5.74) is 6.05. The molecule has 8 heteroatoms. The molecule has 2 aliphatic rings. The molecule has 0 atom stereocenters. The fraction of sp³-hybridized carbons (Fsp3) is 0.632. The SMILES string of the molecule is NCC1(C(=O)NCc2cccc(S(=O)(=O)N3CCCCC3)c2)CCOCC1. The Labute approximate surface area is 161 Å². The van der Waals surface area contributed by atoms with E-state index in [4.69, 9.17) is 10.5 Å². The Kier molecular flexibility index (Phi) is 6.52. The third kappa shape index (κ3) is 4.51. The third-order valence-electron chi connectivity index (χ3n) is 5.63. The van der Waals surface area contributed by atoms with Crippen LogP contribution in [-0.2, 0) is 26.1 Å². The molecule has 1 aromatic carbocycles. The van der Waals surface area contributed by atoms with Crippen molar-refractivity contribution in [3.63, 3.8) is 0 Å². The molecule has 2 fully saturated rings. The van der Waals surface area contributed by atoms with Gasteiger partial charge in [0.2, 0.25) is 15.9 Å². The highest BCUT2D eigenvalue weighted by Crippen LogP contribution is 2.29. The van der Waals surface area contributed by atoms with Crippen molar-refractivity contribution < 1.29 is 17.9 Å². The van der Waals surface area contributed by atoms with E-state index in [1.54, 1.807) is 22.5 Å². The first-order valence-corrected chi connectivity index (χ1v) is 11.1. The van der Waals surface area contributed by atoms with Gasteiger partial charge in [-0.15, -0.1) is 0 Å². The van der Waals surface area contributed by atoms with E-state index in [2.05, 4.69) is 5.32 Å². The van der Waals surface area contributed by atoms with Crippen LogP contribution in [0.15, 0.2) is 29.2 Å². The highest BCUT2D eigenvalue weighted by atomic mass is 32.2. The van der Waals surface area contributed by atoms with Crippen molar-refractivity contribution in [1.82, 2.24) is 9.62 Å². The molecule has 0 unspecified atom stereocenters. The zero-order chi connectivity index (χ0) is 19.3. The summed E-state index contributed by atoms with van der Waals surface area (Å²) in [4.78, 5) is 13.0. The fourth-order valence-electron chi connectivity index (χ4n) is 3.73. The quantitative estimate of drug-likeness (QED) is 0.754. The van der Waals surface area contributed by atoms with Crippen molar-refractivity contribution >= 4 is 15.9 Å². The van der Waals surface area contributed by atoms with Gasteiger partial charge in [0.1, 0.15) is 0 Å². The standard InChI is InChI=1S/C19H29N3O4S/c20-15-19(7-11-26-12-8-19)18(23)21-14-16-5-4-6-17(13-16)27(24,25)22-9-2-1-3-10-22/h4-6,13H,1-3,7-12,14-15,20H2,(H,21,23). The molecule has 150 valence electrons. The van der Waals surface area contributed by atoms with E-state index in [-0.39, 0.29) is 23.9 Å². The summed E-state index contributed by atoms with van der Waals surface area (Å²) >= 11 is 0. The van der Waals surface area contributed by atoms with E-state index in [1.807, 2.05) is 6.07 Å². The molecule has 2 saturated heterocycles. The molecule has 3 N–H and O–H groups in total. The highest BCUT2D eigenvalue weighted by Gasteiger charge is 2.38. The summed E-state index contributed by atoms with van der Waals surface area (Å²) in [6.45, 7) is 2.79. The number of benzene rings is 1. The summed E-state index contributed by atoms with van der Waals surface area (Å²) in [5.74, 6) is -0.0856. The van der Waals surface area contributed by atoms with E-state index in [0.717, 1.165) is 24.8 Å². The Morgan fingerprint density at radius 2 is 1.89 bits per heavy atom. The van der Waals surface area contributed by atoms with Crippen LogP contribution in [0, 0.1) is 5.41 Å². The molecule has 0 aromatic heterocycles. The van der Waals surface area contributed by atoms with E-state index in [9.17, 15) is 13.2 Å². The zero-order valence-corrected chi connectivity index (χ0v) is 16.5. The number of nitrogens with zero attached hydrogens (tertiary/aromatic N) is 1. The van der Waals surface area contributed by atoms with E-state index in [0.29, 0.717) is 39.1 Å². The lowest BCUT2D eigenvalue weighted by Gasteiger charge is -2.34. The minimum Gasteiger partial charge on any atom is -0.381 e. The monoisotopic (exact) mass is 395 g/mol. The van der Waals surface area contributed by atoms with Gasteiger partial charge in [-0.3, -0.25) is 4.79 Å². The molecule has 0 aliphatic carbocycles. The topological polar surface area (TPSA) is 102 Å². The predicted octanol–water partition coefficient (Wildman–Crippen LogP) is 1.23. The first-order chi connectivity index (χ1) is 13.0. The minimum absolute atomic E-state index is 0.0856. The second-order valence-electron chi connectivity index (χ2n) is 7.39. The second kappa shape index (κ2) is 8.68. The number of carbonyl (C=O) groups is 1. The summed E-state index contributed by atoms with van der Waals surface area (Å²) in [6, 6.07) is 6.83. The lowest BCUT2D eigenvalue weighted by Crippen LogP contribution is -2.48. The van der Waals surface area contributed by atoms with E-state index >= 15 is 0 Å². The number of nitrogens with two attached hydrogens (primary N) is 1. The Bertz CT molecular complexity index is 754. The Balaban J connectivity index is 1.68. The van der Waals surface area contributed by atoms with Gasteiger partial charge in [0, 0.05) is 39.4 Å². The van der Waals surface area contributed by atoms with Crippen LogP contribution in [0.4, 0.5) is 0 Å². The number of ether oxygens (including phenoxy) is 1. The van der Waals surface area contributed by atoms with E-state index < -0.39 is 15.4 Å². The molecular weight excluding hydrogens is 366 g/mol. The van der Waals surface area contributed by atoms with Crippen LogP contribution in [0.5, 0.6) is 0 Å². The molecule has 7 nitrogen and oxygen atoms in total. The van der Waals surface area contributed by atoms with Gasteiger partial charge < -0.3 is 15.8 Å². The largest absolute Gasteiger partial charge is 0.381 e. The maximum absolute atomic E-state index is 12.8. The smallest absolute Gasteiger partial charge is 0.243 e. The molecule has 0 spiro atoms. The normalized spacial score (nSPS) is 20.9. The number of rotatable bonds is 6. The van der Waals surface area contributed by atoms with Gasteiger partial charge >= 0.3 is 0 Å². The first kappa shape index (κ1) is 20.3. The van der Waals surface area contributed by atoms with Gasteiger partial charge in [-0.25, -0.2) is 8.42 Å². The van der Waals surface area contributed by atoms with Crippen molar-refractivity contribution in [3.8, 4) is 0 Å².